The van der Waals surface area contributed by atoms with Crippen LogP contribution >= 0.6 is 0 Å². The third kappa shape index (κ3) is 9.75. The van der Waals surface area contributed by atoms with Gasteiger partial charge in [0.1, 0.15) is 11.6 Å². The van der Waals surface area contributed by atoms with E-state index in [1.807, 2.05) is 13.8 Å². The highest BCUT2D eigenvalue weighted by Gasteiger charge is 2.32. The summed E-state index contributed by atoms with van der Waals surface area (Å²) in [6, 6.07) is 17.1. The zero-order valence-corrected chi connectivity index (χ0v) is 28.6. The van der Waals surface area contributed by atoms with Crippen LogP contribution in [0.2, 0.25) is 0 Å². The molecule has 0 aromatic heterocycles. The van der Waals surface area contributed by atoms with Crippen molar-refractivity contribution in [2.24, 2.45) is 5.92 Å². The molecular weight excluding hydrogens is 639 g/mol. The molecule has 0 fully saturated rings. The van der Waals surface area contributed by atoms with E-state index in [1.54, 1.807) is 49.4 Å². The van der Waals surface area contributed by atoms with Gasteiger partial charge in [-0.05, 0) is 87.7 Å². The molecule has 48 heavy (non-hydrogen) atoms. The number of aliphatic hydroxyl groups is 1. The first kappa shape index (κ1) is 36.8. The number of anilines is 2. The monoisotopic (exact) mass is 684 g/mol. The van der Waals surface area contributed by atoms with E-state index in [4.69, 9.17) is 9.47 Å². The minimum Gasteiger partial charge on any atom is -0.490 e. The number of carbonyl (C=O) groups excluding carboxylic acids is 2. The molecule has 13 heteroatoms. The molecule has 3 aromatic rings. The lowest BCUT2D eigenvalue weighted by Gasteiger charge is -2.35. The fraction of sp³-hybridized carbons (Fsp3) is 0.429. The number of ether oxygens (including phenoxy) is 2. The van der Waals surface area contributed by atoms with Crippen molar-refractivity contribution in [3.05, 3.63) is 84.2 Å². The quantitative estimate of drug-likeness (QED) is 0.282. The summed E-state index contributed by atoms with van der Waals surface area (Å²) >= 11 is 0. The number of hydrogen-bond acceptors (Lipinski definition) is 7. The predicted octanol–water partition coefficient (Wildman–Crippen LogP) is 5.59. The van der Waals surface area contributed by atoms with Crippen molar-refractivity contribution >= 4 is 33.3 Å². The largest absolute Gasteiger partial charge is 0.490 e. The molecule has 0 bridgehead atoms. The van der Waals surface area contributed by atoms with E-state index >= 15 is 0 Å². The first-order valence-corrected chi connectivity index (χ1v) is 17.5. The van der Waals surface area contributed by atoms with Gasteiger partial charge in [-0.1, -0.05) is 25.1 Å². The number of nitrogens with zero attached hydrogens (tertiary/aromatic N) is 2. The van der Waals surface area contributed by atoms with Gasteiger partial charge in [0.05, 0.1) is 35.3 Å². The highest BCUT2D eigenvalue weighted by atomic mass is 32.2. The normalized spacial score (nSPS) is 20.3. The molecule has 0 saturated carbocycles. The lowest BCUT2D eigenvalue weighted by Crippen LogP contribution is -2.48. The van der Waals surface area contributed by atoms with Crippen LogP contribution in [0.4, 0.5) is 20.6 Å². The van der Waals surface area contributed by atoms with Crippen molar-refractivity contribution in [1.82, 2.24) is 9.21 Å². The molecule has 0 saturated heterocycles. The van der Waals surface area contributed by atoms with Gasteiger partial charge in [0.25, 0.3) is 5.91 Å². The molecule has 3 aromatic carbocycles. The number of hydrogen-bond donors (Lipinski definition) is 3. The van der Waals surface area contributed by atoms with Crippen LogP contribution in [-0.2, 0) is 14.8 Å². The van der Waals surface area contributed by atoms with Crippen molar-refractivity contribution in [2.75, 3.05) is 44.0 Å². The summed E-state index contributed by atoms with van der Waals surface area (Å²) in [5.41, 5.74) is 0.890. The van der Waals surface area contributed by atoms with Gasteiger partial charge in [-0.2, -0.15) is 4.31 Å². The molecule has 1 aliphatic rings. The molecule has 0 spiro atoms. The van der Waals surface area contributed by atoms with E-state index in [9.17, 15) is 27.5 Å². The first-order valence-electron chi connectivity index (χ1n) is 16.1. The summed E-state index contributed by atoms with van der Waals surface area (Å²) in [5.74, 6) is -0.879. The third-order valence-corrected chi connectivity index (χ3v) is 10.1. The average molecular weight is 685 g/mol. The van der Waals surface area contributed by atoms with Crippen molar-refractivity contribution < 1.29 is 37.0 Å². The summed E-state index contributed by atoms with van der Waals surface area (Å²) in [6.07, 6.45) is 1.37. The molecule has 0 aliphatic carbocycles. The average Bonchev–Trinajstić information content (AvgIpc) is 3.07. The Morgan fingerprint density at radius 3 is 2.40 bits per heavy atom. The van der Waals surface area contributed by atoms with E-state index in [0.717, 1.165) is 12.8 Å². The SMILES string of the molecule is C[C@@H]1CCCCO[C@H](CN(C)S(=O)(=O)c2ccccc2)[C@@H](C)CN([C@H](C)CO)C(=O)c2cc(NC(=O)Nc3ccc(F)cc3)ccc2O1. The van der Waals surface area contributed by atoms with Crippen LogP contribution < -0.4 is 15.4 Å². The van der Waals surface area contributed by atoms with Crippen LogP contribution in [0.5, 0.6) is 5.75 Å². The number of aliphatic hydroxyl groups excluding tert-OH is 1. The van der Waals surface area contributed by atoms with E-state index in [-0.39, 0.29) is 42.2 Å². The van der Waals surface area contributed by atoms with Gasteiger partial charge in [0.2, 0.25) is 10.0 Å². The molecule has 3 N–H and O–H groups in total. The summed E-state index contributed by atoms with van der Waals surface area (Å²) < 4.78 is 53.8. The standard InChI is InChI=1S/C35H45FN4O7S/c1-24-21-40(25(2)23-41)34(42)31-20-29(38-35(43)37-28-15-13-27(36)14-16-28)17-18-32(31)47-26(3)10-8-9-19-46-33(24)22-39(4)48(44,45)30-11-6-5-7-12-30/h5-7,11-18,20,24-26,33,41H,8-10,19,21-23H2,1-4H3,(H2,37,38,43)/t24-,25+,26+,33+/m0/s1. The molecular formula is C35H45FN4O7S. The first-order chi connectivity index (χ1) is 22.9. The van der Waals surface area contributed by atoms with Crippen LogP contribution in [0.3, 0.4) is 0 Å². The molecule has 1 aliphatic heterocycles. The van der Waals surface area contributed by atoms with Gasteiger partial charge in [-0.25, -0.2) is 17.6 Å². The Labute approximate surface area is 282 Å². The lowest BCUT2D eigenvalue weighted by molar-refractivity contribution is -0.00833. The van der Waals surface area contributed by atoms with Crippen LogP contribution in [-0.4, -0.2) is 86.3 Å². The topological polar surface area (TPSA) is 138 Å². The second-order valence-corrected chi connectivity index (χ2v) is 14.2. The Kier molecular flexibility index (Phi) is 12.9. The summed E-state index contributed by atoms with van der Waals surface area (Å²) in [6.45, 7) is 5.79. The number of carbonyl (C=O) groups is 2. The maximum atomic E-state index is 14.3. The van der Waals surface area contributed by atoms with Gasteiger partial charge in [0.15, 0.2) is 0 Å². The Hall–Kier alpha value is -4.04. The second-order valence-electron chi connectivity index (χ2n) is 12.2. The van der Waals surface area contributed by atoms with Crippen molar-refractivity contribution in [3.63, 3.8) is 0 Å². The molecule has 3 amide bonds. The number of urea groups is 1. The van der Waals surface area contributed by atoms with Crippen LogP contribution in [0, 0.1) is 11.7 Å². The Balaban J connectivity index is 1.62. The minimum atomic E-state index is -3.79. The van der Waals surface area contributed by atoms with Crippen molar-refractivity contribution in [3.8, 4) is 5.75 Å². The zero-order chi connectivity index (χ0) is 34.8. The molecule has 0 radical (unpaired) electrons. The lowest BCUT2D eigenvalue weighted by atomic mass is 10.0. The molecule has 260 valence electrons. The number of benzene rings is 3. The zero-order valence-electron chi connectivity index (χ0n) is 27.8. The van der Waals surface area contributed by atoms with Crippen LogP contribution in [0.1, 0.15) is 50.4 Å². The highest BCUT2D eigenvalue weighted by molar-refractivity contribution is 7.89. The fourth-order valence-corrected chi connectivity index (χ4v) is 6.62. The van der Waals surface area contributed by atoms with Crippen molar-refractivity contribution in [1.29, 1.82) is 0 Å². The van der Waals surface area contributed by atoms with E-state index < -0.39 is 39.9 Å². The molecule has 0 unspecified atom stereocenters. The number of fused-ring (bicyclic) bond motifs is 1. The van der Waals surface area contributed by atoms with Gasteiger partial charge < -0.3 is 30.1 Å². The van der Waals surface area contributed by atoms with Crippen molar-refractivity contribution in [2.45, 2.75) is 63.2 Å². The number of nitrogens with one attached hydrogen (secondary N) is 2. The number of likely N-dealkylation sites (N-methyl/N-ethyl adjacent to an activating group) is 1. The summed E-state index contributed by atoms with van der Waals surface area (Å²) in [5, 5.41) is 15.5. The summed E-state index contributed by atoms with van der Waals surface area (Å²) in [4.78, 5) is 28.8. The van der Waals surface area contributed by atoms with Gasteiger partial charge in [-0.3, -0.25) is 4.79 Å². The molecule has 4 atom stereocenters. The Bertz CT molecular complexity index is 1630. The third-order valence-electron chi connectivity index (χ3n) is 8.30. The Morgan fingerprint density at radius 2 is 1.71 bits per heavy atom. The fourth-order valence-electron chi connectivity index (χ4n) is 5.41. The molecule has 4 rings (SSSR count). The Morgan fingerprint density at radius 1 is 1.04 bits per heavy atom. The molecule has 11 nitrogen and oxygen atoms in total. The van der Waals surface area contributed by atoms with Gasteiger partial charge in [0, 0.05) is 44.0 Å². The van der Waals surface area contributed by atoms with E-state index in [2.05, 4.69) is 10.6 Å². The number of halogens is 1. The van der Waals surface area contributed by atoms with Gasteiger partial charge >= 0.3 is 6.03 Å². The molecule has 1 heterocycles. The van der Waals surface area contributed by atoms with E-state index in [0.29, 0.717) is 30.2 Å². The smallest absolute Gasteiger partial charge is 0.323 e. The predicted molar refractivity (Wildman–Crippen MR) is 182 cm³/mol. The van der Waals surface area contributed by atoms with Gasteiger partial charge in [-0.15, -0.1) is 0 Å². The second kappa shape index (κ2) is 16.9. The maximum Gasteiger partial charge on any atom is 0.323 e. The number of rotatable bonds is 8. The summed E-state index contributed by atoms with van der Waals surface area (Å²) in [7, 11) is -2.28. The van der Waals surface area contributed by atoms with Crippen LogP contribution in [0.15, 0.2) is 77.7 Å². The van der Waals surface area contributed by atoms with E-state index in [1.165, 1.54) is 46.6 Å². The number of sulfonamides is 1. The van der Waals surface area contributed by atoms with Crippen LogP contribution in [0.25, 0.3) is 0 Å². The maximum absolute atomic E-state index is 14.3. The minimum absolute atomic E-state index is 0.0568. The number of amides is 3. The highest BCUT2D eigenvalue weighted by Crippen LogP contribution is 2.29.